The molecule has 0 heterocycles. The first-order valence-corrected chi connectivity index (χ1v) is 8.76. The summed E-state index contributed by atoms with van der Waals surface area (Å²) < 4.78 is 25.0. The number of hydrogen-bond donors (Lipinski definition) is 1. The Hall–Kier alpha value is -1.27. The second-order valence-electron chi connectivity index (χ2n) is 5.86. The third kappa shape index (κ3) is 6.35. The highest BCUT2D eigenvalue weighted by molar-refractivity contribution is 7.92. The van der Waals surface area contributed by atoms with Gasteiger partial charge >= 0.3 is 0 Å². The number of halogens is 1. The van der Waals surface area contributed by atoms with Crippen LogP contribution in [-0.2, 0) is 14.8 Å². The Morgan fingerprint density at radius 2 is 1.95 bits per heavy atom. The molecule has 1 amide bonds. The predicted molar refractivity (Wildman–Crippen MR) is 86.2 cm³/mol. The summed E-state index contributed by atoms with van der Waals surface area (Å²) in [6.07, 6.45) is 1.19. The smallest absolute Gasteiger partial charge is 0.232 e. The van der Waals surface area contributed by atoms with Gasteiger partial charge in [0, 0.05) is 23.5 Å². The molecule has 118 valence electrons. The van der Waals surface area contributed by atoms with Crippen LogP contribution in [0.2, 0.25) is 5.02 Å². The van der Waals surface area contributed by atoms with Crippen molar-refractivity contribution in [3.05, 3.63) is 29.3 Å². The van der Waals surface area contributed by atoms with Gasteiger partial charge in [-0.3, -0.25) is 9.10 Å². The predicted octanol–water partition coefficient (Wildman–Crippen LogP) is 2.41. The minimum atomic E-state index is -3.48. The zero-order valence-electron chi connectivity index (χ0n) is 12.7. The minimum Gasteiger partial charge on any atom is -0.351 e. The van der Waals surface area contributed by atoms with E-state index in [1.165, 1.54) is 4.31 Å². The normalized spacial score (nSPS) is 12.0. The van der Waals surface area contributed by atoms with Crippen LogP contribution in [0.4, 0.5) is 5.69 Å². The fourth-order valence-corrected chi connectivity index (χ4v) is 2.91. The maximum atomic E-state index is 11.9. The Balaban J connectivity index is 2.85. The van der Waals surface area contributed by atoms with Crippen molar-refractivity contribution < 1.29 is 13.2 Å². The number of amides is 1. The summed E-state index contributed by atoms with van der Waals surface area (Å²) in [5.41, 5.74) is 0.108. The van der Waals surface area contributed by atoms with E-state index in [2.05, 4.69) is 5.32 Å². The van der Waals surface area contributed by atoms with Gasteiger partial charge in [0.15, 0.2) is 0 Å². The van der Waals surface area contributed by atoms with E-state index in [0.717, 1.165) is 6.26 Å². The Morgan fingerprint density at radius 3 is 2.43 bits per heavy atom. The summed E-state index contributed by atoms with van der Waals surface area (Å²) in [6.45, 7) is 5.68. The Morgan fingerprint density at radius 1 is 1.33 bits per heavy atom. The molecule has 0 aliphatic rings. The van der Waals surface area contributed by atoms with Crippen molar-refractivity contribution in [2.45, 2.75) is 32.7 Å². The lowest BCUT2D eigenvalue weighted by molar-refractivity contribution is -0.122. The molecule has 0 aliphatic carbocycles. The fraction of sp³-hybridized carbons (Fsp3) is 0.500. The Kier molecular flexibility index (Phi) is 5.64. The first kappa shape index (κ1) is 17.8. The Labute approximate surface area is 131 Å². The van der Waals surface area contributed by atoms with Gasteiger partial charge in [-0.15, -0.1) is 0 Å². The van der Waals surface area contributed by atoms with Crippen LogP contribution in [0.5, 0.6) is 0 Å². The van der Waals surface area contributed by atoms with Crippen LogP contribution >= 0.6 is 11.6 Å². The van der Waals surface area contributed by atoms with Crippen molar-refractivity contribution in [1.29, 1.82) is 0 Å². The molecule has 21 heavy (non-hydrogen) atoms. The minimum absolute atomic E-state index is 0.0705. The van der Waals surface area contributed by atoms with Gasteiger partial charge in [-0.25, -0.2) is 8.42 Å². The lowest BCUT2D eigenvalue weighted by Crippen LogP contribution is -2.42. The first-order valence-electron chi connectivity index (χ1n) is 6.53. The van der Waals surface area contributed by atoms with Crippen molar-refractivity contribution >= 4 is 33.2 Å². The highest BCUT2D eigenvalue weighted by atomic mass is 35.5. The second kappa shape index (κ2) is 6.66. The number of nitrogens with one attached hydrogen (secondary N) is 1. The number of sulfonamides is 1. The van der Waals surface area contributed by atoms with Gasteiger partial charge in [-0.2, -0.15) is 0 Å². The van der Waals surface area contributed by atoms with Crippen LogP contribution in [-0.4, -0.2) is 32.7 Å². The van der Waals surface area contributed by atoms with Gasteiger partial charge in [-0.1, -0.05) is 17.7 Å². The van der Waals surface area contributed by atoms with Crippen LogP contribution in [0.15, 0.2) is 24.3 Å². The number of hydrogen-bond acceptors (Lipinski definition) is 3. The molecular weight excluding hydrogens is 312 g/mol. The lowest BCUT2D eigenvalue weighted by Gasteiger charge is -2.24. The molecule has 0 saturated carbocycles. The van der Waals surface area contributed by atoms with Crippen LogP contribution in [0, 0.1) is 0 Å². The van der Waals surface area contributed by atoms with Crippen LogP contribution in [0.3, 0.4) is 0 Å². The fourth-order valence-electron chi connectivity index (χ4n) is 1.80. The van der Waals surface area contributed by atoms with E-state index in [0.29, 0.717) is 10.7 Å². The third-order valence-electron chi connectivity index (χ3n) is 2.55. The molecule has 1 aromatic rings. The molecule has 0 spiro atoms. The van der Waals surface area contributed by atoms with E-state index in [9.17, 15) is 13.2 Å². The molecule has 5 nitrogen and oxygen atoms in total. The topological polar surface area (TPSA) is 66.5 Å². The van der Waals surface area contributed by atoms with Crippen molar-refractivity contribution in [2.24, 2.45) is 0 Å². The Bertz CT molecular complexity index is 609. The average molecular weight is 333 g/mol. The van der Waals surface area contributed by atoms with Gasteiger partial charge in [0.1, 0.15) is 0 Å². The standard InChI is InChI=1S/C14H21ClN2O3S/c1-14(2,3)16-13(18)8-9-17(21(4,19)20)12-7-5-6-11(15)10-12/h5-7,10H,8-9H2,1-4H3,(H,16,18). The van der Waals surface area contributed by atoms with E-state index >= 15 is 0 Å². The largest absolute Gasteiger partial charge is 0.351 e. The number of benzene rings is 1. The quantitative estimate of drug-likeness (QED) is 0.900. The van der Waals surface area contributed by atoms with Gasteiger partial charge in [0.25, 0.3) is 0 Å². The van der Waals surface area contributed by atoms with E-state index in [4.69, 9.17) is 11.6 Å². The molecule has 0 bridgehead atoms. The van der Waals surface area contributed by atoms with Crippen molar-refractivity contribution in [3.63, 3.8) is 0 Å². The lowest BCUT2D eigenvalue weighted by atomic mass is 10.1. The molecule has 0 radical (unpaired) electrons. The summed E-state index contributed by atoms with van der Waals surface area (Å²) in [5, 5.41) is 3.25. The molecule has 0 aliphatic heterocycles. The highest BCUT2D eigenvalue weighted by Gasteiger charge is 2.20. The van der Waals surface area contributed by atoms with E-state index in [1.54, 1.807) is 24.3 Å². The number of anilines is 1. The van der Waals surface area contributed by atoms with Crippen molar-refractivity contribution in [2.75, 3.05) is 17.1 Å². The molecule has 1 N–H and O–H groups in total. The summed E-state index contributed by atoms with van der Waals surface area (Å²) >= 11 is 5.89. The SMILES string of the molecule is CC(C)(C)NC(=O)CCN(c1cccc(Cl)c1)S(C)(=O)=O. The van der Waals surface area contributed by atoms with E-state index in [-0.39, 0.29) is 24.4 Å². The molecule has 0 unspecified atom stereocenters. The summed E-state index contributed by atoms with van der Waals surface area (Å²) in [6, 6.07) is 6.54. The molecule has 0 aromatic heterocycles. The highest BCUT2D eigenvalue weighted by Crippen LogP contribution is 2.22. The van der Waals surface area contributed by atoms with Crippen molar-refractivity contribution in [3.8, 4) is 0 Å². The number of nitrogens with zero attached hydrogens (tertiary/aromatic N) is 1. The molecular formula is C14H21ClN2O3S. The van der Waals surface area contributed by atoms with E-state index < -0.39 is 10.0 Å². The summed E-state index contributed by atoms with van der Waals surface area (Å²) in [5.74, 6) is -0.196. The zero-order chi connectivity index (χ0) is 16.3. The molecule has 0 atom stereocenters. The second-order valence-corrected chi connectivity index (χ2v) is 8.21. The van der Waals surface area contributed by atoms with Gasteiger partial charge in [0.2, 0.25) is 15.9 Å². The van der Waals surface area contributed by atoms with Gasteiger partial charge < -0.3 is 5.32 Å². The number of rotatable bonds is 5. The molecule has 1 rings (SSSR count). The van der Waals surface area contributed by atoms with Crippen LogP contribution < -0.4 is 9.62 Å². The van der Waals surface area contributed by atoms with Gasteiger partial charge in [-0.05, 0) is 39.0 Å². The third-order valence-corrected chi connectivity index (χ3v) is 3.98. The number of carbonyl (C=O) groups excluding carboxylic acids is 1. The molecule has 1 aromatic carbocycles. The molecule has 0 fully saturated rings. The molecule has 7 heteroatoms. The average Bonchev–Trinajstić information content (AvgIpc) is 2.24. The van der Waals surface area contributed by atoms with Gasteiger partial charge in [0.05, 0.1) is 11.9 Å². The van der Waals surface area contributed by atoms with Crippen LogP contribution in [0.25, 0.3) is 0 Å². The first-order chi connectivity index (χ1) is 9.49. The maximum Gasteiger partial charge on any atom is 0.232 e. The zero-order valence-corrected chi connectivity index (χ0v) is 14.3. The van der Waals surface area contributed by atoms with Crippen molar-refractivity contribution in [1.82, 2.24) is 5.32 Å². The maximum absolute atomic E-state index is 11.9. The van der Waals surface area contributed by atoms with Crippen LogP contribution in [0.1, 0.15) is 27.2 Å². The monoisotopic (exact) mass is 332 g/mol. The number of carbonyl (C=O) groups is 1. The summed E-state index contributed by atoms with van der Waals surface area (Å²) in [7, 11) is -3.48. The van der Waals surface area contributed by atoms with E-state index in [1.807, 2.05) is 20.8 Å². The summed E-state index contributed by atoms with van der Waals surface area (Å²) in [4.78, 5) is 11.8. The molecule has 0 saturated heterocycles.